The van der Waals surface area contributed by atoms with Crippen molar-refractivity contribution in [2.45, 2.75) is 13.5 Å². The van der Waals surface area contributed by atoms with Gasteiger partial charge in [0.1, 0.15) is 5.69 Å². The number of aromatic nitrogens is 1. The molecule has 1 aromatic carbocycles. The van der Waals surface area contributed by atoms with Crippen molar-refractivity contribution in [3.63, 3.8) is 0 Å². The standard InChI is InChI=1S/C14H14BrN3O3/c1-9-5-11(15)8-17(14(9)19)7-10-3-4-12(16-2)13(6-10)18(20)21/h3-6,8,16H,7H2,1-2H3. The highest BCUT2D eigenvalue weighted by Crippen LogP contribution is 2.25. The van der Waals surface area contributed by atoms with E-state index in [0.29, 0.717) is 16.8 Å². The summed E-state index contributed by atoms with van der Waals surface area (Å²) in [6, 6.07) is 6.63. The molecular formula is C14H14BrN3O3. The summed E-state index contributed by atoms with van der Waals surface area (Å²) in [7, 11) is 1.63. The molecule has 2 rings (SSSR count). The smallest absolute Gasteiger partial charge is 0.292 e. The zero-order valence-corrected chi connectivity index (χ0v) is 13.2. The SMILES string of the molecule is CNc1ccc(Cn2cc(Br)cc(C)c2=O)cc1[N+](=O)[O-]. The second-order valence-corrected chi connectivity index (χ2v) is 5.55. The van der Waals surface area contributed by atoms with Crippen LogP contribution in [0.15, 0.2) is 39.7 Å². The lowest BCUT2D eigenvalue weighted by Gasteiger charge is -2.09. The van der Waals surface area contributed by atoms with Crippen LogP contribution in [0.5, 0.6) is 0 Å². The first-order valence-corrected chi connectivity index (χ1v) is 7.03. The minimum absolute atomic E-state index is 0.00484. The van der Waals surface area contributed by atoms with Crippen LogP contribution < -0.4 is 10.9 Å². The molecule has 1 N–H and O–H groups in total. The van der Waals surface area contributed by atoms with E-state index in [0.717, 1.165) is 4.47 Å². The Bertz CT molecular complexity index is 756. The van der Waals surface area contributed by atoms with Crippen LogP contribution in [0, 0.1) is 17.0 Å². The van der Waals surface area contributed by atoms with Gasteiger partial charge < -0.3 is 9.88 Å². The summed E-state index contributed by atoms with van der Waals surface area (Å²) in [4.78, 5) is 22.7. The van der Waals surface area contributed by atoms with E-state index in [2.05, 4.69) is 21.2 Å². The number of benzene rings is 1. The molecule has 1 heterocycles. The number of halogens is 1. The second-order valence-electron chi connectivity index (χ2n) is 4.63. The zero-order valence-electron chi connectivity index (χ0n) is 11.6. The number of nitrogens with one attached hydrogen (secondary N) is 1. The summed E-state index contributed by atoms with van der Waals surface area (Å²) in [6.45, 7) is 2.01. The molecule has 0 spiro atoms. The summed E-state index contributed by atoms with van der Waals surface area (Å²) in [6.07, 6.45) is 1.67. The number of anilines is 1. The first kappa shape index (κ1) is 15.2. The quantitative estimate of drug-likeness (QED) is 0.678. The van der Waals surface area contributed by atoms with Gasteiger partial charge in [-0.15, -0.1) is 0 Å². The Morgan fingerprint density at radius 1 is 1.38 bits per heavy atom. The van der Waals surface area contributed by atoms with Crippen molar-refractivity contribution >= 4 is 27.3 Å². The van der Waals surface area contributed by atoms with Gasteiger partial charge >= 0.3 is 0 Å². The molecule has 2 aromatic rings. The van der Waals surface area contributed by atoms with Crippen LogP contribution in [0.4, 0.5) is 11.4 Å². The molecule has 0 fully saturated rings. The van der Waals surface area contributed by atoms with Gasteiger partial charge in [-0.1, -0.05) is 6.07 Å². The lowest BCUT2D eigenvalue weighted by molar-refractivity contribution is -0.384. The maximum absolute atomic E-state index is 12.1. The van der Waals surface area contributed by atoms with E-state index in [-0.39, 0.29) is 17.8 Å². The summed E-state index contributed by atoms with van der Waals surface area (Å²) in [5.74, 6) is 0. The van der Waals surface area contributed by atoms with E-state index in [1.807, 2.05) is 0 Å². The van der Waals surface area contributed by atoms with Gasteiger partial charge in [0.05, 0.1) is 11.5 Å². The number of nitro benzene ring substituents is 1. The molecule has 0 aliphatic heterocycles. The molecule has 0 saturated carbocycles. The van der Waals surface area contributed by atoms with Crippen LogP contribution in [0.1, 0.15) is 11.1 Å². The van der Waals surface area contributed by atoms with Gasteiger partial charge in [-0.25, -0.2) is 0 Å². The van der Waals surface area contributed by atoms with Gasteiger partial charge in [-0.05, 0) is 40.5 Å². The lowest BCUT2D eigenvalue weighted by Crippen LogP contribution is -2.22. The highest BCUT2D eigenvalue weighted by atomic mass is 79.9. The topological polar surface area (TPSA) is 77.2 Å². The minimum atomic E-state index is -0.440. The summed E-state index contributed by atoms with van der Waals surface area (Å²) in [5.41, 5.74) is 1.64. The maximum atomic E-state index is 12.1. The molecule has 21 heavy (non-hydrogen) atoms. The molecule has 1 aromatic heterocycles. The molecule has 0 amide bonds. The van der Waals surface area contributed by atoms with Gasteiger partial charge in [0.15, 0.2) is 0 Å². The van der Waals surface area contributed by atoms with Crippen LogP contribution in [0.2, 0.25) is 0 Å². The second kappa shape index (κ2) is 6.09. The molecule has 0 bridgehead atoms. The molecule has 7 heteroatoms. The van der Waals surface area contributed by atoms with Crippen LogP contribution in [0.25, 0.3) is 0 Å². The predicted molar refractivity (Wildman–Crippen MR) is 84.9 cm³/mol. The highest BCUT2D eigenvalue weighted by Gasteiger charge is 2.14. The van der Waals surface area contributed by atoms with E-state index < -0.39 is 4.92 Å². The van der Waals surface area contributed by atoms with Gasteiger partial charge in [0.25, 0.3) is 11.2 Å². The molecular weight excluding hydrogens is 338 g/mol. The third-order valence-corrected chi connectivity index (χ3v) is 3.55. The Labute approximate surface area is 129 Å². The lowest BCUT2D eigenvalue weighted by atomic mass is 10.1. The van der Waals surface area contributed by atoms with Crippen molar-refractivity contribution in [1.82, 2.24) is 4.57 Å². The molecule has 0 saturated heterocycles. The number of nitrogens with zero attached hydrogens (tertiary/aromatic N) is 2. The summed E-state index contributed by atoms with van der Waals surface area (Å²) < 4.78 is 2.32. The van der Waals surface area contributed by atoms with Crippen LogP contribution in [0.3, 0.4) is 0 Å². The van der Waals surface area contributed by atoms with E-state index in [1.54, 1.807) is 38.4 Å². The molecule has 0 atom stereocenters. The van der Waals surface area contributed by atoms with Gasteiger partial charge in [0, 0.05) is 29.3 Å². The Morgan fingerprint density at radius 2 is 2.10 bits per heavy atom. The number of pyridine rings is 1. The minimum Gasteiger partial charge on any atom is -0.383 e. The fourth-order valence-electron chi connectivity index (χ4n) is 2.09. The Hall–Kier alpha value is -2.15. The van der Waals surface area contributed by atoms with Crippen LogP contribution >= 0.6 is 15.9 Å². The van der Waals surface area contributed by atoms with Crippen LogP contribution in [-0.2, 0) is 6.54 Å². The molecule has 0 radical (unpaired) electrons. The van der Waals surface area contributed by atoms with Crippen molar-refractivity contribution < 1.29 is 4.92 Å². The van der Waals surface area contributed by atoms with Crippen LogP contribution in [-0.4, -0.2) is 16.5 Å². The fourth-order valence-corrected chi connectivity index (χ4v) is 2.68. The van der Waals surface area contributed by atoms with Gasteiger partial charge in [0.2, 0.25) is 0 Å². The van der Waals surface area contributed by atoms with Gasteiger partial charge in [-0.3, -0.25) is 14.9 Å². The van der Waals surface area contributed by atoms with Crippen molar-refractivity contribution in [2.75, 3.05) is 12.4 Å². The molecule has 0 aliphatic carbocycles. The zero-order chi connectivity index (χ0) is 15.6. The predicted octanol–water partition coefficient (Wildman–Crippen LogP) is 2.92. The largest absolute Gasteiger partial charge is 0.383 e. The average Bonchev–Trinajstić information content (AvgIpc) is 2.44. The Kier molecular flexibility index (Phi) is 4.42. The molecule has 6 nitrogen and oxygen atoms in total. The fraction of sp³-hybridized carbons (Fsp3) is 0.214. The highest BCUT2D eigenvalue weighted by molar-refractivity contribution is 9.10. The number of nitro groups is 1. The van der Waals surface area contributed by atoms with E-state index in [9.17, 15) is 14.9 Å². The normalized spacial score (nSPS) is 10.4. The monoisotopic (exact) mass is 351 g/mol. The van der Waals surface area contributed by atoms with Gasteiger partial charge in [-0.2, -0.15) is 0 Å². The first-order valence-electron chi connectivity index (χ1n) is 6.24. The molecule has 0 aliphatic rings. The third-order valence-electron chi connectivity index (χ3n) is 3.11. The Balaban J connectivity index is 2.43. The average molecular weight is 352 g/mol. The Morgan fingerprint density at radius 3 is 2.71 bits per heavy atom. The molecule has 110 valence electrons. The number of aryl methyl sites for hydroxylation is 1. The third kappa shape index (κ3) is 3.30. The summed E-state index contributed by atoms with van der Waals surface area (Å²) >= 11 is 3.34. The van der Waals surface area contributed by atoms with Crippen molar-refractivity contribution in [2.24, 2.45) is 0 Å². The summed E-state index contributed by atoms with van der Waals surface area (Å²) in [5, 5.41) is 13.8. The number of rotatable bonds is 4. The van der Waals surface area contributed by atoms with Crippen molar-refractivity contribution in [1.29, 1.82) is 0 Å². The van der Waals surface area contributed by atoms with E-state index >= 15 is 0 Å². The number of hydrogen-bond donors (Lipinski definition) is 1. The number of hydrogen-bond acceptors (Lipinski definition) is 4. The van der Waals surface area contributed by atoms with Crippen molar-refractivity contribution in [3.05, 3.63) is 66.5 Å². The van der Waals surface area contributed by atoms with E-state index in [4.69, 9.17) is 0 Å². The molecule has 0 unspecified atom stereocenters. The maximum Gasteiger partial charge on any atom is 0.292 e. The first-order chi connectivity index (χ1) is 9.92. The van der Waals surface area contributed by atoms with E-state index in [1.165, 1.54) is 10.6 Å². The van der Waals surface area contributed by atoms with Crippen molar-refractivity contribution in [3.8, 4) is 0 Å².